The molecule has 3 aromatic carbocycles. The highest BCUT2D eigenvalue weighted by Gasteiger charge is 2.34. The molecule has 6 nitrogen and oxygen atoms in total. The number of amides is 1. The van der Waals surface area contributed by atoms with E-state index in [-0.39, 0.29) is 12.5 Å². The van der Waals surface area contributed by atoms with Crippen LogP contribution in [0.3, 0.4) is 0 Å². The number of ether oxygens (including phenoxy) is 1. The van der Waals surface area contributed by atoms with E-state index in [9.17, 15) is 4.79 Å². The van der Waals surface area contributed by atoms with E-state index in [0.717, 1.165) is 11.1 Å². The van der Waals surface area contributed by atoms with E-state index in [1.165, 1.54) is 22.9 Å². The molecule has 0 atom stereocenters. The van der Waals surface area contributed by atoms with Gasteiger partial charge in [-0.3, -0.25) is 9.69 Å². The number of hydrogen-bond acceptors (Lipinski definition) is 6. The summed E-state index contributed by atoms with van der Waals surface area (Å²) in [7, 11) is 0. The molecule has 9 heteroatoms. The predicted molar refractivity (Wildman–Crippen MR) is 154 cm³/mol. The summed E-state index contributed by atoms with van der Waals surface area (Å²) in [4.78, 5) is 15.4. The number of furan rings is 1. The van der Waals surface area contributed by atoms with E-state index < -0.39 is 0 Å². The van der Waals surface area contributed by atoms with Gasteiger partial charge < -0.3 is 9.15 Å². The van der Waals surface area contributed by atoms with E-state index >= 15 is 0 Å². The van der Waals surface area contributed by atoms with Crippen LogP contribution in [0.5, 0.6) is 5.75 Å². The van der Waals surface area contributed by atoms with E-state index in [2.05, 4.69) is 10.2 Å². The summed E-state index contributed by atoms with van der Waals surface area (Å²) in [5.41, 5.74) is 2.53. The fourth-order valence-electron chi connectivity index (χ4n) is 3.63. The number of halogens is 2. The summed E-state index contributed by atoms with van der Waals surface area (Å²) < 4.78 is 11.4. The molecule has 0 bridgehead atoms. The average molecular weight is 562 g/mol. The average Bonchev–Trinajstić information content (AvgIpc) is 3.55. The van der Waals surface area contributed by atoms with Gasteiger partial charge in [-0.25, -0.2) is 0 Å². The van der Waals surface area contributed by atoms with Crippen molar-refractivity contribution in [3.8, 4) is 5.75 Å². The zero-order valence-electron chi connectivity index (χ0n) is 20.0. The van der Waals surface area contributed by atoms with Crippen LogP contribution < -0.4 is 4.74 Å². The normalized spacial score (nSPS) is 15.7. The van der Waals surface area contributed by atoms with Crippen molar-refractivity contribution in [3.63, 3.8) is 0 Å². The fourth-order valence-corrected chi connectivity index (χ4v) is 4.92. The highest BCUT2D eigenvalue weighted by atomic mass is 35.5. The summed E-state index contributed by atoms with van der Waals surface area (Å²) in [5.74, 6) is 1.14. The summed E-state index contributed by atoms with van der Waals surface area (Å²) in [5, 5.41) is 9.72. The van der Waals surface area contributed by atoms with Crippen molar-refractivity contribution in [1.29, 1.82) is 0 Å². The standard InChI is InChI=1S/C29H21Cl2N3O3S/c30-25-13-5-10-22(27(25)31)17-32-33-29-34(18-24-12-6-14-36-24)28(35)26(38-29)16-21-9-4-11-23(15-21)37-19-20-7-2-1-3-8-20/h1-17H,18-19H2/b26-16-,32-17+,33-29-. The number of rotatable bonds is 8. The second kappa shape index (κ2) is 12.2. The number of amidine groups is 1. The first kappa shape index (κ1) is 25.9. The second-order valence-corrected chi connectivity index (χ2v) is 9.99. The molecule has 2 heterocycles. The van der Waals surface area contributed by atoms with Gasteiger partial charge in [0, 0.05) is 5.56 Å². The number of nitrogens with zero attached hydrogens (tertiary/aromatic N) is 3. The third-order valence-corrected chi connectivity index (χ3v) is 7.34. The first-order valence-corrected chi connectivity index (χ1v) is 13.2. The lowest BCUT2D eigenvalue weighted by atomic mass is 10.2. The van der Waals surface area contributed by atoms with Gasteiger partial charge in [0.2, 0.25) is 0 Å². The van der Waals surface area contributed by atoms with E-state index in [4.69, 9.17) is 32.4 Å². The lowest BCUT2D eigenvalue weighted by molar-refractivity contribution is -0.122. The van der Waals surface area contributed by atoms with Crippen molar-refractivity contribution in [2.45, 2.75) is 13.2 Å². The van der Waals surface area contributed by atoms with Crippen LogP contribution in [0.25, 0.3) is 6.08 Å². The van der Waals surface area contributed by atoms with Crippen LogP contribution >= 0.6 is 35.0 Å². The molecule has 0 unspecified atom stereocenters. The van der Waals surface area contributed by atoms with Gasteiger partial charge in [0.1, 0.15) is 18.1 Å². The van der Waals surface area contributed by atoms with Gasteiger partial charge in [0.05, 0.1) is 34.0 Å². The molecule has 1 amide bonds. The minimum atomic E-state index is -0.197. The van der Waals surface area contributed by atoms with Crippen LogP contribution in [0.1, 0.15) is 22.5 Å². The predicted octanol–water partition coefficient (Wildman–Crippen LogP) is 7.67. The van der Waals surface area contributed by atoms with Gasteiger partial charge in [-0.15, -0.1) is 5.10 Å². The minimum Gasteiger partial charge on any atom is -0.489 e. The SMILES string of the molecule is O=C1/C(=C/c2cccc(OCc3ccccc3)c2)S/C(=N\N=C\c2cccc(Cl)c2Cl)N1Cc1ccco1. The summed E-state index contributed by atoms with van der Waals surface area (Å²) >= 11 is 13.6. The van der Waals surface area contributed by atoms with Crippen LogP contribution in [0, 0.1) is 0 Å². The molecule has 4 aromatic rings. The lowest BCUT2D eigenvalue weighted by Crippen LogP contribution is -2.28. The van der Waals surface area contributed by atoms with Crippen LogP contribution in [-0.4, -0.2) is 22.2 Å². The molecule has 1 aliphatic heterocycles. The molecule has 0 radical (unpaired) electrons. The largest absolute Gasteiger partial charge is 0.489 e. The topological polar surface area (TPSA) is 67.4 Å². The van der Waals surface area contributed by atoms with Crippen LogP contribution in [0.4, 0.5) is 0 Å². The Morgan fingerprint density at radius 1 is 0.974 bits per heavy atom. The molecule has 0 aliphatic carbocycles. The smallest absolute Gasteiger partial charge is 0.267 e. The van der Waals surface area contributed by atoms with Crippen molar-refractivity contribution >= 4 is 58.3 Å². The van der Waals surface area contributed by atoms with Gasteiger partial charge in [0.15, 0.2) is 5.17 Å². The van der Waals surface area contributed by atoms with Crippen LogP contribution in [0.2, 0.25) is 10.0 Å². The van der Waals surface area contributed by atoms with Gasteiger partial charge >= 0.3 is 0 Å². The van der Waals surface area contributed by atoms with Gasteiger partial charge in [0.25, 0.3) is 5.91 Å². The first-order chi connectivity index (χ1) is 18.6. The molecular weight excluding hydrogens is 541 g/mol. The van der Waals surface area contributed by atoms with Crippen molar-refractivity contribution in [2.75, 3.05) is 0 Å². The monoisotopic (exact) mass is 561 g/mol. The Morgan fingerprint density at radius 3 is 2.63 bits per heavy atom. The Hall–Kier alpha value is -3.78. The molecule has 1 aromatic heterocycles. The highest BCUT2D eigenvalue weighted by Crippen LogP contribution is 2.34. The number of benzene rings is 3. The maximum absolute atomic E-state index is 13.4. The number of hydrogen-bond donors (Lipinski definition) is 0. The molecule has 1 fully saturated rings. The second-order valence-electron chi connectivity index (χ2n) is 8.20. The summed E-state index contributed by atoms with van der Waals surface area (Å²) in [6.45, 7) is 0.680. The Bertz CT molecular complexity index is 1520. The molecule has 0 spiro atoms. The zero-order valence-corrected chi connectivity index (χ0v) is 22.3. The summed E-state index contributed by atoms with van der Waals surface area (Å²) in [6, 6.07) is 26.4. The molecule has 38 heavy (non-hydrogen) atoms. The molecule has 1 saturated heterocycles. The lowest BCUT2D eigenvalue weighted by Gasteiger charge is -2.12. The molecule has 0 saturated carbocycles. The first-order valence-electron chi connectivity index (χ1n) is 11.6. The van der Waals surface area contributed by atoms with Crippen molar-refractivity contribution in [1.82, 2.24) is 4.90 Å². The number of carbonyl (C=O) groups excluding carboxylic acids is 1. The van der Waals surface area contributed by atoms with Gasteiger partial charge in [-0.2, -0.15) is 5.10 Å². The van der Waals surface area contributed by atoms with Crippen molar-refractivity contribution in [3.05, 3.63) is 129 Å². The van der Waals surface area contributed by atoms with Crippen molar-refractivity contribution in [2.24, 2.45) is 10.2 Å². The van der Waals surface area contributed by atoms with E-state index in [1.54, 1.807) is 36.6 Å². The third-order valence-electron chi connectivity index (χ3n) is 5.51. The van der Waals surface area contributed by atoms with Gasteiger partial charge in [-0.05, 0) is 59.3 Å². The zero-order chi connectivity index (χ0) is 26.3. The highest BCUT2D eigenvalue weighted by molar-refractivity contribution is 8.18. The Kier molecular flexibility index (Phi) is 8.28. The maximum Gasteiger partial charge on any atom is 0.267 e. The van der Waals surface area contributed by atoms with E-state index in [1.807, 2.05) is 60.7 Å². The van der Waals surface area contributed by atoms with Crippen LogP contribution in [-0.2, 0) is 17.9 Å². The quantitative estimate of drug-likeness (QED) is 0.126. The number of thioether (sulfide) groups is 1. The molecular formula is C29H21Cl2N3O3S. The fraction of sp³-hybridized carbons (Fsp3) is 0.0690. The Labute approximate surface area is 234 Å². The Morgan fingerprint density at radius 2 is 1.82 bits per heavy atom. The van der Waals surface area contributed by atoms with Crippen LogP contribution in [0.15, 0.2) is 111 Å². The molecule has 190 valence electrons. The summed E-state index contributed by atoms with van der Waals surface area (Å²) in [6.07, 6.45) is 4.89. The minimum absolute atomic E-state index is 0.197. The molecule has 1 aliphatic rings. The van der Waals surface area contributed by atoms with Gasteiger partial charge in [-0.1, -0.05) is 77.8 Å². The maximum atomic E-state index is 13.4. The molecule has 0 N–H and O–H groups in total. The number of carbonyl (C=O) groups is 1. The Balaban J connectivity index is 1.37. The third kappa shape index (κ3) is 6.37. The van der Waals surface area contributed by atoms with E-state index in [0.29, 0.717) is 43.8 Å². The molecule has 5 rings (SSSR count). The van der Waals surface area contributed by atoms with Crippen molar-refractivity contribution < 1.29 is 13.9 Å².